The van der Waals surface area contributed by atoms with Gasteiger partial charge in [-0.1, -0.05) is 24.3 Å². The summed E-state index contributed by atoms with van der Waals surface area (Å²) < 4.78 is 2.24. The van der Waals surface area contributed by atoms with Crippen molar-refractivity contribution in [3.8, 4) is 0 Å². The third-order valence-electron chi connectivity index (χ3n) is 3.46. The average molecular weight is 385 g/mol. The largest absolute Gasteiger partial charge is 0.323 e. The Morgan fingerprint density at radius 1 is 1.26 bits per heavy atom. The van der Waals surface area contributed by atoms with Gasteiger partial charge in [-0.2, -0.15) is 0 Å². The van der Waals surface area contributed by atoms with Crippen molar-refractivity contribution in [1.82, 2.24) is 14.9 Å². The molecule has 27 heavy (non-hydrogen) atoms. The fraction of sp³-hybridized carbons (Fsp3) is 0.286. The Bertz CT molecular complexity index is 943. The molecule has 0 unspecified atom stereocenters. The van der Waals surface area contributed by atoms with E-state index in [-0.39, 0.29) is 5.56 Å². The van der Waals surface area contributed by atoms with E-state index in [1.807, 2.05) is 76.7 Å². The zero-order chi connectivity index (χ0) is 20.2. The van der Waals surface area contributed by atoms with Gasteiger partial charge in [0.15, 0.2) is 0 Å². The standard InChI is InChI=1S/C19H21N3OS.C2H7N/c1-5-6-7-8-9-12-22-15(3)21-17-16(14(2)10-11-20-4)13-24-18(17)19(22)23;1-3-2/h5-13H,1-4H3;3H,1-2H3/b6-5-,8-7-,12-9+,14-10-,20-11?;. The second kappa shape index (κ2) is 11.9. The van der Waals surface area contributed by atoms with Crippen LogP contribution < -0.4 is 10.9 Å². The van der Waals surface area contributed by atoms with E-state index < -0.39 is 0 Å². The predicted octanol–water partition coefficient (Wildman–Crippen LogP) is 4.31. The summed E-state index contributed by atoms with van der Waals surface area (Å²) >= 11 is 1.43. The maximum atomic E-state index is 12.7. The molecule has 6 heteroatoms. The summed E-state index contributed by atoms with van der Waals surface area (Å²) in [7, 11) is 5.48. The molecule has 2 aromatic heterocycles. The molecule has 2 aromatic rings. The van der Waals surface area contributed by atoms with Crippen LogP contribution >= 0.6 is 11.3 Å². The van der Waals surface area contributed by atoms with Gasteiger partial charge in [-0.05, 0) is 52.6 Å². The van der Waals surface area contributed by atoms with E-state index in [0.717, 1.165) is 16.7 Å². The molecule has 0 aliphatic heterocycles. The van der Waals surface area contributed by atoms with Crippen LogP contribution in [0.2, 0.25) is 0 Å². The number of aliphatic imine (C=N–C) groups is 1. The lowest BCUT2D eigenvalue weighted by atomic mass is 10.1. The fourth-order valence-electron chi connectivity index (χ4n) is 2.19. The number of rotatable bonds is 5. The summed E-state index contributed by atoms with van der Waals surface area (Å²) in [6, 6.07) is 0. The van der Waals surface area contributed by atoms with Crippen molar-refractivity contribution >= 4 is 39.5 Å². The molecule has 0 fully saturated rings. The highest BCUT2D eigenvalue weighted by Crippen LogP contribution is 2.27. The predicted molar refractivity (Wildman–Crippen MR) is 121 cm³/mol. The van der Waals surface area contributed by atoms with Gasteiger partial charge < -0.3 is 5.32 Å². The Labute approximate surface area is 165 Å². The van der Waals surface area contributed by atoms with Crippen LogP contribution in [-0.4, -0.2) is 36.9 Å². The average Bonchev–Trinajstić information content (AvgIpc) is 3.06. The monoisotopic (exact) mass is 384 g/mol. The first kappa shape index (κ1) is 22.5. The number of aryl methyl sites for hydroxylation is 1. The fourth-order valence-corrected chi connectivity index (χ4v) is 3.19. The minimum Gasteiger partial charge on any atom is -0.323 e. The van der Waals surface area contributed by atoms with Crippen LogP contribution in [0.1, 0.15) is 25.2 Å². The summed E-state index contributed by atoms with van der Waals surface area (Å²) in [5.74, 6) is 0.666. The van der Waals surface area contributed by atoms with E-state index >= 15 is 0 Å². The van der Waals surface area contributed by atoms with Gasteiger partial charge in [0.25, 0.3) is 5.56 Å². The van der Waals surface area contributed by atoms with Crippen molar-refractivity contribution in [3.05, 3.63) is 63.6 Å². The minimum atomic E-state index is -0.0404. The first-order valence-electron chi connectivity index (χ1n) is 8.66. The number of thiophene rings is 1. The summed E-state index contributed by atoms with van der Waals surface area (Å²) in [5.41, 5.74) is 2.75. The molecule has 5 nitrogen and oxygen atoms in total. The molecule has 0 radical (unpaired) electrons. The van der Waals surface area contributed by atoms with Gasteiger partial charge in [0, 0.05) is 30.4 Å². The van der Waals surface area contributed by atoms with Crippen molar-refractivity contribution in [2.75, 3.05) is 21.1 Å². The highest BCUT2D eigenvalue weighted by atomic mass is 32.1. The number of aromatic nitrogens is 2. The summed E-state index contributed by atoms with van der Waals surface area (Å²) in [6.07, 6.45) is 14.9. The first-order valence-corrected chi connectivity index (χ1v) is 9.54. The maximum Gasteiger partial charge on any atom is 0.275 e. The van der Waals surface area contributed by atoms with Crippen LogP contribution in [0.3, 0.4) is 0 Å². The van der Waals surface area contributed by atoms with Crippen LogP contribution in [0.5, 0.6) is 0 Å². The molecular formula is C21H28N4OS. The van der Waals surface area contributed by atoms with Crippen LogP contribution in [0.4, 0.5) is 0 Å². The van der Waals surface area contributed by atoms with Crippen molar-refractivity contribution in [2.45, 2.75) is 20.8 Å². The van der Waals surface area contributed by atoms with E-state index in [4.69, 9.17) is 0 Å². The van der Waals surface area contributed by atoms with Gasteiger partial charge in [0.1, 0.15) is 10.5 Å². The number of nitrogens with one attached hydrogen (secondary N) is 1. The Hall–Kier alpha value is -2.57. The van der Waals surface area contributed by atoms with Gasteiger partial charge in [0.05, 0.1) is 5.52 Å². The van der Waals surface area contributed by atoms with E-state index in [1.54, 1.807) is 24.0 Å². The Balaban J connectivity index is 0.00000114. The quantitative estimate of drug-likeness (QED) is 0.617. The molecule has 0 saturated heterocycles. The molecule has 0 aromatic carbocycles. The molecule has 0 amide bonds. The lowest BCUT2D eigenvalue weighted by Gasteiger charge is -2.05. The normalized spacial score (nSPS) is 12.7. The summed E-state index contributed by atoms with van der Waals surface area (Å²) in [6.45, 7) is 5.80. The Morgan fingerprint density at radius 3 is 2.56 bits per heavy atom. The van der Waals surface area contributed by atoms with Crippen LogP contribution in [0.15, 0.2) is 51.6 Å². The molecule has 0 atom stereocenters. The Kier molecular flexibility index (Phi) is 9.93. The van der Waals surface area contributed by atoms with Crippen molar-refractivity contribution in [2.24, 2.45) is 4.99 Å². The topological polar surface area (TPSA) is 59.3 Å². The van der Waals surface area contributed by atoms with E-state index in [0.29, 0.717) is 10.5 Å². The third-order valence-corrected chi connectivity index (χ3v) is 4.42. The van der Waals surface area contributed by atoms with Crippen molar-refractivity contribution in [3.63, 3.8) is 0 Å². The lowest BCUT2D eigenvalue weighted by molar-refractivity contribution is 0.944. The van der Waals surface area contributed by atoms with Crippen LogP contribution in [-0.2, 0) is 0 Å². The number of hydrogen-bond donors (Lipinski definition) is 1. The smallest absolute Gasteiger partial charge is 0.275 e. The second-order valence-corrected chi connectivity index (χ2v) is 6.55. The molecule has 0 aliphatic rings. The van der Waals surface area contributed by atoms with Crippen LogP contribution in [0, 0.1) is 6.92 Å². The van der Waals surface area contributed by atoms with Gasteiger partial charge in [-0.25, -0.2) is 4.98 Å². The SMILES string of the molecule is CNC.C\C=C/C=C\C=C\n1c(C)nc2c(/C(C)=C\C=NC)csc2c1=O. The zero-order valence-corrected chi connectivity index (χ0v) is 17.7. The van der Waals surface area contributed by atoms with E-state index in [9.17, 15) is 4.79 Å². The van der Waals surface area contributed by atoms with E-state index in [1.165, 1.54) is 11.3 Å². The molecule has 144 valence electrons. The van der Waals surface area contributed by atoms with Gasteiger partial charge in [0.2, 0.25) is 0 Å². The van der Waals surface area contributed by atoms with Crippen molar-refractivity contribution < 1.29 is 0 Å². The molecule has 0 aliphatic carbocycles. The molecular weight excluding hydrogens is 356 g/mol. The van der Waals surface area contributed by atoms with Gasteiger partial charge >= 0.3 is 0 Å². The number of allylic oxidation sites excluding steroid dienone is 7. The molecule has 0 bridgehead atoms. The second-order valence-electron chi connectivity index (χ2n) is 5.67. The molecule has 2 heterocycles. The molecule has 0 saturated carbocycles. The lowest BCUT2D eigenvalue weighted by Crippen LogP contribution is -2.18. The first-order chi connectivity index (χ1) is 13.0. The van der Waals surface area contributed by atoms with E-state index in [2.05, 4.69) is 15.3 Å². The molecule has 2 rings (SSSR count). The summed E-state index contributed by atoms with van der Waals surface area (Å²) in [5, 5.41) is 4.73. The number of nitrogens with zero attached hydrogens (tertiary/aromatic N) is 3. The van der Waals surface area contributed by atoms with Gasteiger partial charge in [-0.3, -0.25) is 14.4 Å². The maximum absolute atomic E-state index is 12.7. The zero-order valence-electron chi connectivity index (χ0n) is 16.9. The number of fused-ring (bicyclic) bond motifs is 1. The Morgan fingerprint density at radius 2 is 1.93 bits per heavy atom. The molecule has 1 N–H and O–H groups in total. The molecule has 0 spiro atoms. The highest BCUT2D eigenvalue weighted by molar-refractivity contribution is 7.17. The third kappa shape index (κ3) is 6.27. The summed E-state index contributed by atoms with van der Waals surface area (Å²) in [4.78, 5) is 21.3. The van der Waals surface area contributed by atoms with Gasteiger partial charge in [-0.15, -0.1) is 11.3 Å². The minimum absolute atomic E-state index is 0.0404. The highest BCUT2D eigenvalue weighted by Gasteiger charge is 2.13. The van der Waals surface area contributed by atoms with Crippen LogP contribution in [0.25, 0.3) is 22.0 Å². The van der Waals surface area contributed by atoms with Crippen molar-refractivity contribution in [1.29, 1.82) is 0 Å². The number of hydrogen-bond acceptors (Lipinski definition) is 5.